The molecule has 2 aromatic heterocycles. The van der Waals surface area contributed by atoms with E-state index in [1.54, 1.807) is 36.1 Å². The number of para-hydroxylation sites is 3. The minimum Gasteiger partial charge on any atom is -0.493 e. The van der Waals surface area contributed by atoms with Gasteiger partial charge < -0.3 is 14.7 Å². The van der Waals surface area contributed by atoms with E-state index in [9.17, 15) is 5.48 Å². The van der Waals surface area contributed by atoms with Crippen LogP contribution in [0.1, 0.15) is 40.0 Å². The van der Waals surface area contributed by atoms with Gasteiger partial charge in [-0.3, -0.25) is 4.98 Å². The maximum Gasteiger partial charge on any atom is 0.135 e. The summed E-state index contributed by atoms with van der Waals surface area (Å²) in [4.78, 5) is 16.8. The number of rotatable bonds is 7. The first-order chi connectivity index (χ1) is 35.0. The van der Waals surface area contributed by atoms with Crippen LogP contribution in [0.25, 0.3) is 44.5 Å². The van der Waals surface area contributed by atoms with Gasteiger partial charge in [0.05, 0.1) is 19.4 Å². The first-order valence-electron chi connectivity index (χ1n) is 25.4. The molecule has 0 aliphatic carbocycles. The van der Waals surface area contributed by atoms with Gasteiger partial charge in [0.1, 0.15) is 5.82 Å². The number of hydrogen-bond donors (Lipinski definition) is 0. The third-order valence-electron chi connectivity index (χ3n) is 11.2. The predicted octanol–water partition coefficient (Wildman–Crippen LogP) is 15.4. The van der Waals surface area contributed by atoms with Crippen molar-refractivity contribution in [3.8, 4) is 44.5 Å². The van der Waals surface area contributed by atoms with Crippen LogP contribution >= 0.6 is 11.8 Å². The monoisotopic (exact) mass is 944 g/mol. The van der Waals surface area contributed by atoms with Gasteiger partial charge in [-0.25, -0.2) is 4.98 Å². The number of aromatic nitrogens is 2. The van der Waals surface area contributed by atoms with Crippen molar-refractivity contribution in [1.82, 2.24) is 9.97 Å². The van der Waals surface area contributed by atoms with Gasteiger partial charge in [-0.05, 0) is 81.8 Å². The molecule has 2 aliphatic heterocycles. The fraction of sp³-hybridized carbons (Fsp3) is 0.0702. The molecule has 64 heavy (non-hydrogen) atoms. The van der Waals surface area contributed by atoms with Crippen LogP contribution in [0.2, 0.25) is 0 Å². The van der Waals surface area contributed by atoms with Gasteiger partial charge in [-0.15, -0.1) is 57.7 Å². The van der Waals surface area contributed by atoms with Gasteiger partial charge in [0.2, 0.25) is 0 Å². The van der Waals surface area contributed by atoms with Crippen molar-refractivity contribution in [2.24, 2.45) is 0 Å². The Labute approximate surface area is 407 Å². The molecule has 0 spiro atoms. The molecule has 0 unspecified atom stereocenters. The second-order valence-corrected chi connectivity index (χ2v) is 17.1. The Bertz CT molecular complexity index is 3590. The van der Waals surface area contributed by atoms with Gasteiger partial charge in [-0.2, -0.15) is 24.3 Å². The molecule has 7 aromatic carbocycles. The Morgan fingerprint density at radius 3 is 1.92 bits per heavy atom. The van der Waals surface area contributed by atoms with Crippen molar-refractivity contribution >= 4 is 51.7 Å². The van der Waals surface area contributed by atoms with Crippen LogP contribution in [-0.4, -0.2) is 9.97 Å². The molecular weight excluding hydrogens is 893 g/mol. The summed E-state index contributed by atoms with van der Waals surface area (Å²) in [6.07, 6.45) is 5.47. The Balaban J connectivity index is 0.00000626. The molecule has 0 N–H and O–H groups in total. The van der Waals surface area contributed by atoms with Gasteiger partial charge in [0, 0.05) is 72.8 Å². The van der Waals surface area contributed by atoms with E-state index in [1.165, 1.54) is 11.8 Å². The molecule has 314 valence electrons. The molecule has 5 nitrogen and oxygen atoms in total. The minimum atomic E-state index is -0.619. The van der Waals surface area contributed by atoms with E-state index in [2.05, 4.69) is 40.2 Å². The van der Waals surface area contributed by atoms with E-state index in [0.29, 0.717) is 22.6 Å². The van der Waals surface area contributed by atoms with Gasteiger partial charge in [-0.1, -0.05) is 123 Å². The van der Waals surface area contributed by atoms with Crippen molar-refractivity contribution in [2.75, 3.05) is 14.7 Å². The summed E-state index contributed by atoms with van der Waals surface area (Å²) in [5, 5.41) is 0. The summed E-state index contributed by atoms with van der Waals surface area (Å²) >= 11 is 1.48. The largest absolute Gasteiger partial charge is 0.493 e. The second kappa shape index (κ2) is 17.1. The maximum absolute atomic E-state index is 9.25. The van der Waals surface area contributed by atoms with Crippen molar-refractivity contribution in [2.45, 2.75) is 36.0 Å². The van der Waals surface area contributed by atoms with E-state index in [-0.39, 0.29) is 48.4 Å². The molecule has 9 aromatic rings. The minimum absolute atomic E-state index is 0. The fourth-order valence-corrected chi connectivity index (χ4v) is 9.04. The smallest absolute Gasteiger partial charge is 0.135 e. The van der Waals surface area contributed by atoms with Crippen LogP contribution in [0.3, 0.4) is 0 Å². The summed E-state index contributed by atoms with van der Waals surface area (Å²) in [5.74, 6) is 0.731. The molecule has 0 saturated carbocycles. The number of hydrogen-bond acceptors (Lipinski definition) is 6. The Morgan fingerprint density at radius 1 is 0.578 bits per heavy atom. The Morgan fingerprint density at radius 2 is 1.23 bits per heavy atom. The average Bonchev–Trinajstić information content (AvgIpc) is 3.73. The van der Waals surface area contributed by atoms with Crippen molar-refractivity contribution in [3.05, 3.63) is 219 Å². The fourth-order valence-electron chi connectivity index (χ4n) is 8.22. The Hall–Kier alpha value is -6.75. The molecule has 4 heterocycles. The molecule has 0 bridgehead atoms. The first-order valence-corrected chi connectivity index (χ1v) is 21.2. The molecule has 0 saturated heterocycles. The SMILES string of the molecule is [2H]c1c([2H])c([2H])c(-c2cc(C(C)(C)C)cc(-c3c([2H])c([2H])c([2H])c([2H])c3[2H])c2N2[CH-]N(c3[c-]c(Sc4[c-]c5c(cc4)-c4cnccc4-c4ccccc4N5c4ccccn4)ccc3)c3ccccc32)c([2H])c1[2H].[Pd]. The third-order valence-corrected chi connectivity index (χ3v) is 12.1. The summed E-state index contributed by atoms with van der Waals surface area (Å²) in [5.41, 5.74) is 8.20. The first kappa shape index (κ1) is 31.2. The standard InChI is InChI=1S/C57H42N5S.Pd/c1-57(2,3)41-33-48(39-17-6-4-7-18-39)56(49(34-41)40-19-8-5-9-20-40)61-38-60(52-25-12-13-26-53(52)61)42-21-16-22-43(35-42)63-44-28-29-47-50-37-58-32-30-45(50)46-23-10-11-24-51(46)62(54(47)36-44)55-27-14-15-31-59-55;/h4-34,37-38H,1-3H3;/q-3;/i4D,5D,6D,7D,8D,9D,17D,18D,19D,20D;. The molecular formula is C57H42N5PdS-3. The third kappa shape index (κ3) is 7.50. The Kier molecular flexibility index (Phi) is 8.32. The van der Waals surface area contributed by atoms with Crippen LogP contribution in [-0.2, 0) is 25.8 Å². The van der Waals surface area contributed by atoms with Gasteiger partial charge >= 0.3 is 0 Å². The van der Waals surface area contributed by atoms with Crippen LogP contribution in [0.4, 0.5) is 39.9 Å². The van der Waals surface area contributed by atoms with E-state index in [4.69, 9.17) is 13.2 Å². The summed E-state index contributed by atoms with van der Waals surface area (Å²) in [7, 11) is 0. The predicted molar refractivity (Wildman–Crippen MR) is 260 cm³/mol. The summed E-state index contributed by atoms with van der Waals surface area (Å²) < 4.78 is 88.9. The number of fused-ring (bicyclic) bond motifs is 6. The van der Waals surface area contributed by atoms with Crippen molar-refractivity contribution in [1.29, 1.82) is 0 Å². The molecule has 0 fully saturated rings. The molecule has 7 heteroatoms. The van der Waals surface area contributed by atoms with Crippen LogP contribution in [0, 0.1) is 18.8 Å². The van der Waals surface area contributed by atoms with Crippen LogP contribution < -0.4 is 14.7 Å². The molecule has 2 aliphatic rings. The van der Waals surface area contributed by atoms with Crippen LogP contribution in [0.5, 0.6) is 0 Å². The van der Waals surface area contributed by atoms with Gasteiger partial charge in [0.15, 0.2) is 0 Å². The second-order valence-electron chi connectivity index (χ2n) is 16.1. The van der Waals surface area contributed by atoms with E-state index >= 15 is 0 Å². The summed E-state index contributed by atoms with van der Waals surface area (Å²) in [6, 6.07) is 39.5. The zero-order valence-electron chi connectivity index (χ0n) is 44.7. The molecule has 0 radical (unpaired) electrons. The normalized spacial score (nSPS) is 14.9. The average molecular weight is 946 g/mol. The zero-order chi connectivity index (χ0) is 51.2. The van der Waals surface area contributed by atoms with Crippen molar-refractivity contribution < 1.29 is 34.1 Å². The maximum atomic E-state index is 9.25. The number of benzene rings is 7. The van der Waals surface area contributed by atoms with E-state index in [0.717, 1.165) is 49.2 Å². The molecule has 11 rings (SSSR count). The molecule has 0 atom stereocenters. The number of anilines is 7. The van der Waals surface area contributed by atoms with E-state index < -0.39 is 65.8 Å². The van der Waals surface area contributed by atoms with Crippen LogP contribution in [0.15, 0.2) is 204 Å². The zero-order valence-corrected chi connectivity index (χ0v) is 37.1. The summed E-state index contributed by atoms with van der Waals surface area (Å²) in [6.45, 7) is 7.66. The van der Waals surface area contributed by atoms with Gasteiger partial charge in [0.25, 0.3) is 0 Å². The number of nitrogens with zero attached hydrogens (tertiary/aromatic N) is 5. The van der Waals surface area contributed by atoms with E-state index in [1.807, 2.05) is 117 Å². The topological polar surface area (TPSA) is 35.5 Å². The quantitative estimate of drug-likeness (QED) is 0.117. The van der Waals surface area contributed by atoms with Crippen molar-refractivity contribution in [3.63, 3.8) is 0 Å². The molecule has 0 amide bonds. The number of pyridine rings is 2.